The molecule has 162 valence electrons. The van der Waals surface area contributed by atoms with E-state index in [9.17, 15) is 9.59 Å². The summed E-state index contributed by atoms with van der Waals surface area (Å²) in [6, 6.07) is 14.0. The van der Waals surface area contributed by atoms with E-state index in [4.69, 9.17) is 0 Å². The SMILES string of the molecule is CC(C)NC(=O)CSc1nnc(N2CCN(C(=O)c3cccc4ccccc34)CC2)s1. The van der Waals surface area contributed by atoms with Gasteiger partial charge in [-0.15, -0.1) is 10.2 Å². The topological polar surface area (TPSA) is 78.4 Å². The number of fused-ring (bicyclic) bond motifs is 1. The van der Waals surface area contributed by atoms with E-state index >= 15 is 0 Å². The van der Waals surface area contributed by atoms with Crippen molar-refractivity contribution in [3.8, 4) is 0 Å². The molecule has 4 rings (SSSR count). The third-order valence-corrected chi connectivity index (χ3v) is 7.15. The van der Waals surface area contributed by atoms with Gasteiger partial charge in [0, 0.05) is 37.8 Å². The van der Waals surface area contributed by atoms with Crippen LogP contribution in [0.2, 0.25) is 0 Å². The number of nitrogens with one attached hydrogen (secondary N) is 1. The molecule has 1 aromatic heterocycles. The number of hydrogen-bond acceptors (Lipinski definition) is 7. The first kappa shape index (κ1) is 21.6. The van der Waals surface area contributed by atoms with Gasteiger partial charge in [-0.1, -0.05) is 59.5 Å². The Labute approximate surface area is 189 Å². The zero-order chi connectivity index (χ0) is 21.8. The predicted molar refractivity (Wildman–Crippen MR) is 126 cm³/mol. The van der Waals surface area contributed by atoms with Crippen molar-refractivity contribution in [3.05, 3.63) is 48.0 Å². The van der Waals surface area contributed by atoms with Gasteiger partial charge in [-0.3, -0.25) is 9.59 Å². The highest BCUT2D eigenvalue weighted by atomic mass is 32.2. The van der Waals surface area contributed by atoms with Gasteiger partial charge in [-0.2, -0.15) is 0 Å². The average Bonchev–Trinajstić information content (AvgIpc) is 3.26. The molecule has 7 nitrogen and oxygen atoms in total. The maximum Gasteiger partial charge on any atom is 0.254 e. The first-order valence-electron chi connectivity index (χ1n) is 10.3. The molecule has 1 aliphatic rings. The van der Waals surface area contributed by atoms with Crippen molar-refractivity contribution in [2.45, 2.75) is 24.2 Å². The van der Waals surface area contributed by atoms with Crippen LogP contribution in [0.3, 0.4) is 0 Å². The van der Waals surface area contributed by atoms with Crippen LogP contribution in [0, 0.1) is 0 Å². The Morgan fingerprint density at radius 1 is 1.06 bits per heavy atom. The molecule has 0 aliphatic carbocycles. The summed E-state index contributed by atoms with van der Waals surface area (Å²) < 4.78 is 0.781. The second-order valence-corrected chi connectivity index (χ2v) is 9.85. The molecule has 0 atom stereocenters. The number of benzene rings is 2. The number of thioether (sulfide) groups is 1. The standard InChI is InChI=1S/C22H25N5O2S2/c1-15(2)23-19(28)14-30-22-25-24-21(31-22)27-12-10-26(11-13-27)20(29)18-9-5-7-16-6-3-4-8-17(16)18/h3-9,15H,10-14H2,1-2H3,(H,23,28). The van der Waals surface area contributed by atoms with Gasteiger partial charge in [-0.05, 0) is 30.7 Å². The third-order valence-electron chi connectivity index (χ3n) is 5.03. The predicted octanol–water partition coefficient (Wildman–Crippen LogP) is 3.27. The molecule has 2 amide bonds. The Kier molecular flexibility index (Phi) is 6.72. The fraction of sp³-hybridized carbons (Fsp3) is 0.364. The van der Waals surface area contributed by atoms with Gasteiger partial charge in [0.15, 0.2) is 4.34 Å². The van der Waals surface area contributed by atoms with Crippen LogP contribution in [0.1, 0.15) is 24.2 Å². The molecule has 2 heterocycles. The minimum Gasteiger partial charge on any atom is -0.353 e. The van der Waals surface area contributed by atoms with Gasteiger partial charge in [0.2, 0.25) is 11.0 Å². The first-order valence-corrected chi connectivity index (χ1v) is 12.1. The molecule has 1 aliphatic heterocycles. The van der Waals surface area contributed by atoms with Crippen LogP contribution in [0.15, 0.2) is 46.8 Å². The number of amides is 2. The van der Waals surface area contributed by atoms with Gasteiger partial charge in [0.1, 0.15) is 0 Å². The molecule has 31 heavy (non-hydrogen) atoms. The third kappa shape index (κ3) is 5.16. The molecule has 0 bridgehead atoms. The highest BCUT2D eigenvalue weighted by Gasteiger charge is 2.25. The molecule has 1 fully saturated rings. The van der Waals surface area contributed by atoms with E-state index in [0.29, 0.717) is 31.9 Å². The van der Waals surface area contributed by atoms with Gasteiger partial charge < -0.3 is 15.1 Å². The van der Waals surface area contributed by atoms with Gasteiger partial charge in [-0.25, -0.2) is 0 Å². The second-order valence-electron chi connectivity index (χ2n) is 7.67. The van der Waals surface area contributed by atoms with Crippen LogP contribution in [-0.2, 0) is 4.79 Å². The van der Waals surface area contributed by atoms with Crippen molar-refractivity contribution < 1.29 is 9.59 Å². The molecule has 2 aromatic carbocycles. The summed E-state index contributed by atoms with van der Waals surface area (Å²) in [6.07, 6.45) is 0. The van der Waals surface area contributed by atoms with E-state index in [1.165, 1.54) is 23.1 Å². The Morgan fingerprint density at radius 2 is 1.81 bits per heavy atom. The quantitative estimate of drug-likeness (QED) is 0.575. The van der Waals surface area contributed by atoms with Gasteiger partial charge in [0.05, 0.1) is 5.75 Å². The Bertz CT molecular complexity index is 1070. The van der Waals surface area contributed by atoms with Crippen molar-refractivity contribution in [2.75, 3.05) is 36.8 Å². The molecule has 1 saturated heterocycles. The summed E-state index contributed by atoms with van der Waals surface area (Å²) in [5.41, 5.74) is 0.751. The number of hydrogen-bond donors (Lipinski definition) is 1. The van der Waals surface area contributed by atoms with E-state index in [0.717, 1.165) is 25.8 Å². The molecule has 0 spiro atoms. The molecule has 9 heteroatoms. The lowest BCUT2D eigenvalue weighted by Gasteiger charge is -2.34. The minimum atomic E-state index is -0.00249. The molecular formula is C22H25N5O2S2. The summed E-state index contributed by atoms with van der Waals surface area (Å²) in [5, 5.41) is 14.3. The summed E-state index contributed by atoms with van der Waals surface area (Å²) >= 11 is 2.89. The summed E-state index contributed by atoms with van der Waals surface area (Å²) in [5.74, 6) is 0.401. The van der Waals surface area contributed by atoms with Gasteiger partial charge in [0.25, 0.3) is 5.91 Å². The zero-order valence-electron chi connectivity index (χ0n) is 17.6. The number of aromatic nitrogens is 2. The Hall–Kier alpha value is -2.65. The van der Waals surface area contributed by atoms with Crippen molar-refractivity contribution in [1.29, 1.82) is 0 Å². The smallest absolute Gasteiger partial charge is 0.254 e. The summed E-state index contributed by atoms with van der Waals surface area (Å²) in [7, 11) is 0. The number of piperazine rings is 1. The van der Waals surface area contributed by atoms with E-state index < -0.39 is 0 Å². The second kappa shape index (κ2) is 9.65. The average molecular weight is 456 g/mol. The summed E-state index contributed by atoms with van der Waals surface area (Å²) in [6.45, 7) is 6.58. The molecule has 3 aromatic rings. The van der Waals surface area contributed by atoms with Crippen molar-refractivity contribution in [3.63, 3.8) is 0 Å². The molecule has 0 unspecified atom stereocenters. The van der Waals surface area contributed by atoms with E-state index in [-0.39, 0.29) is 17.9 Å². The van der Waals surface area contributed by atoms with Crippen LogP contribution in [0.5, 0.6) is 0 Å². The van der Waals surface area contributed by atoms with Crippen LogP contribution in [0.25, 0.3) is 10.8 Å². The van der Waals surface area contributed by atoms with Crippen LogP contribution in [0.4, 0.5) is 5.13 Å². The number of anilines is 1. The number of rotatable bonds is 6. The fourth-order valence-corrected chi connectivity index (χ4v) is 5.27. The molecule has 1 N–H and O–H groups in total. The van der Waals surface area contributed by atoms with E-state index in [1.807, 2.05) is 61.2 Å². The van der Waals surface area contributed by atoms with Crippen LogP contribution in [-0.4, -0.2) is 64.9 Å². The Balaban J connectivity index is 1.34. The first-order chi connectivity index (χ1) is 15.0. The van der Waals surface area contributed by atoms with E-state index in [2.05, 4.69) is 20.4 Å². The molecule has 0 radical (unpaired) electrons. The molecule has 0 saturated carbocycles. The maximum atomic E-state index is 13.1. The number of carbonyl (C=O) groups excluding carboxylic acids is 2. The van der Waals surface area contributed by atoms with E-state index in [1.54, 1.807) is 0 Å². The van der Waals surface area contributed by atoms with Gasteiger partial charge >= 0.3 is 0 Å². The lowest BCUT2D eigenvalue weighted by molar-refractivity contribution is -0.119. The largest absolute Gasteiger partial charge is 0.353 e. The van der Waals surface area contributed by atoms with Crippen molar-refractivity contribution in [2.24, 2.45) is 0 Å². The van der Waals surface area contributed by atoms with Crippen LogP contribution < -0.4 is 10.2 Å². The van der Waals surface area contributed by atoms with Crippen molar-refractivity contribution in [1.82, 2.24) is 20.4 Å². The number of nitrogens with zero attached hydrogens (tertiary/aromatic N) is 4. The highest BCUT2D eigenvalue weighted by molar-refractivity contribution is 8.01. The monoisotopic (exact) mass is 455 g/mol. The molecular weight excluding hydrogens is 430 g/mol. The lowest BCUT2D eigenvalue weighted by Crippen LogP contribution is -2.48. The maximum absolute atomic E-state index is 13.1. The lowest BCUT2D eigenvalue weighted by atomic mass is 10.0. The fourth-order valence-electron chi connectivity index (χ4n) is 3.56. The van der Waals surface area contributed by atoms with Crippen molar-refractivity contribution >= 4 is 50.8 Å². The van der Waals surface area contributed by atoms with Crippen LogP contribution >= 0.6 is 23.1 Å². The highest BCUT2D eigenvalue weighted by Crippen LogP contribution is 2.29. The summed E-state index contributed by atoms with van der Waals surface area (Å²) in [4.78, 5) is 29.0. The zero-order valence-corrected chi connectivity index (χ0v) is 19.2. The Morgan fingerprint density at radius 3 is 2.58 bits per heavy atom. The normalized spacial score (nSPS) is 14.3. The minimum absolute atomic E-state index is 0.00249. The number of carbonyl (C=O) groups is 2.